The molecule has 0 spiro atoms. The highest BCUT2D eigenvalue weighted by Gasteiger charge is 2.46. The number of hydrogen-bond donors (Lipinski definition) is 3. The van der Waals surface area contributed by atoms with Gasteiger partial charge in [0.2, 0.25) is 0 Å². The molecule has 3 unspecified atom stereocenters. The summed E-state index contributed by atoms with van der Waals surface area (Å²) in [6.45, 7) is 5.66. The molecule has 18 heavy (non-hydrogen) atoms. The highest BCUT2D eigenvalue weighted by Crippen LogP contribution is 2.55. The molecule has 0 aliphatic carbocycles. The van der Waals surface area contributed by atoms with Gasteiger partial charge < -0.3 is 29.1 Å². The molecule has 0 aromatic carbocycles. The summed E-state index contributed by atoms with van der Waals surface area (Å²) in [5.74, 6) is 0. The zero-order chi connectivity index (χ0) is 14.8. The Morgan fingerprint density at radius 3 is 1.89 bits per heavy atom. The Morgan fingerprint density at radius 2 is 1.56 bits per heavy atom. The summed E-state index contributed by atoms with van der Waals surface area (Å²) in [4.78, 5) is 9.53. The van der Waals surface area contributed by atoms with Gasteiger partial charge in [-0.2, -0.15) is 0 Å². The number of rotatable bonds is 7. The van der Waals surface area contributed by atoms with Crippen molar-refractivity contribution in [2.45, 2.75) is 51.0 Å². The summed E-state index contributed by atoms with van der Waals surface area (Å²) in [7, 11) is -1.63. The Bertz CT molecular complexity index is 315. The first-order chi connectivity index (χ1) is 7.91. The maximum absolute atomic E-state index is 11.7. The van der Waals surface area contributed by atoms with Crippen molar-refractivity contribution in [3.05, 3.63) is 0 Å². The molecule has 0 saturated carbocycles. The van der Waals surface area contributed by atoms with Crippen molar-refractivity contribution in [3.8, 4) is 0 Å². The van der Waals surface area contributed by atoms with E-state index < -0.39 is 30.9 Å². The van der Waals surface area contributed by atoms with E-state index in [1.807, 2.05) is 0 Å². The van der Waals surface area contributed by atoms with Crippen LogP contribution < -0.4 is 0 Å². The van der Waals surface area contributed by atoms with E-state index in [0.29, 0.717) is 0 Å². The lowest BCUT2D eigenvalue weighted by molar-refractivity contribution is -0.237. The SMILES string of the molecule is COC(C)(C)C(O)C(O)OC(C)(C)P(=O)(O)OC. The second kappa shape index (κ2) is 5.96. The Labute approximate surface area is 107 Å². The summed E-state index contributed by atoms with van der Waals surface area (Å²) in [5.41, 5.74) is -1.07. The molecule has 0 saturated heterocycles. The van der Waals surface area contributed by atoms with Crippen molar-refractivity contribution in [2.75, 3.05) is 14.2 Å². The van der Waals surface area contributed by atoms with Crippen molar-refractivity contribution in [3.63, 3.8) is 0 Å². The minimum absolute atomic E-state index is 1.06. The van der Waals surface area contributed by atoms with Crippen LogP contribution >= 0.6 is 7.60 Å². The topological polar surface area (TPSA) is 105 Å². The Hall–Kier alpha value is -0.0100. The first-order valence-corrected chi connectivity index (χ1v) is 6.97. The van der Waals surface area contributed by atoms with Gasteiger partial charge in [-0.25, -0.2) is 0 Å². The lowest BCUT2D eigenvalue weighted by Gasteiger charge is -2.36. The van der Waals surface area contributed by atoms with Crippen LogP contribution in [0.1, 0.15) is 27.7 Å². The van der Waals surface area contributed by atoms with Gasteiger partial charge in [-0.3, -0.25) is 4.57 Å². The third kappa shape index (κ3) is 3.99. The first kappa shape index (κ1) is 18.0. The van der Waals surface area contributed by atoms with Crippen LogP contribution in [0.2, 0.25) is 0 Å². The Morgan fingerprint density at radius 1 is 1.11 bits per heavy atom. The molecule has 0 amide bonds. The van der Waals surface area contributed by atoms with Gasteiger partial charge in [0.05, 0.1) is 5.60 Å². The second-order valence-electron chi connectivity index (χ2n) is 4.91. The Kier molecular flexibility index (Phi) is 5.96. The first-order valence-electron chi connectivity index (χ1n) is 5.39. The van der Waals surface area contributed by atoms with Crippen LogP contribution in [-0.2, 0) is 18.6 Å². The maximum atomic E-state index is 11.7. The monoisotopic (exact) mass is 286 g/mol. The van der Waals surface area contributed by atoms with E-state index in [4.69, 9.17) is 9.47 Å². The average molecular weight is 286 g/mol. The zero-order valence-corrected chi connectivity index (χ0v) is 12.5. The molecular formula is C10H23O7P. The van der Waals surface area contributed by atoms with Gasteiger partial charge in [0.25, 0.3) is 0 Å². The normalized spacial score (nSPS) is 20.3. The highest BCUT2D eigenvalue weighted by molar-refractivity contribution is 7.54. The van der Waals surface area contributed by atoms with Crippen LogP contribution in [0.25, 0.3) is 0 Å². The molecule has 0 bridgehead atoms. The molecule has 0 radical (unpaired) electrons. The number of hydrogen-bond acceptors (Lipinski definition) is 6. The smallest absolute Gasteiger partial charge is 0.358 e. The summed E-state index contributed by atoms with van der Waals surface area (Å²) < 4.78 is 26.1. The largest absolute Gasteiger partial charge is 0.385 e. The van der Waals surface area contributed by atoms with E-state index in [2.05, 4.69) is 4.52 Å². The predicted octanol–water partition coefficient (Wildman–Crippen LogP) is 0.675. The summed E-state index contributed by atoms with van der Waals surface area (Å²) in [6.07, 6.45) is -3.08. The van der Waals surface area contributed by atoms with E-state index in [0.717, 1.165) is 7.11 Å². The van der Waals surface area contributed by atoms with Crippen LogP contribution in [0, 0.1) is 0 Å². The van der Waals surface area contributed by atoms with E-state index >= 15 is 0 Å². The van der Waals surface area contributed by atoms with Gasteiger partial charge in [-0.05, 0) is 27.7 Å². The molecule has 3 N–H and O–H groups in total. The lowest BCUT2D eigenvalue weighted by Crippen LogP contribution is -2.49. The van der Waals surface area contributed by atoms with Gasteiger partial charge in [0, 0.05) is 14.2 Å². The van der Waals surface area contributed by atoms with Crippen molar-refractivity contribution in [1.82, 2.24) is 0 Å². The minimum atomic E-state index is -4.06. The minimum Gasteiger partial charge on any atom is -0.385 e. The van der Waals surface area contributed by atoms with E-state index in [1.165, 1.54) is 21.0 Å². The van der Waals surface area contributed by atoms with Crippen LogP contribution in [0.15, 0.2) is 0 Å². The number of methoxy groups -OCH3 is 1. The van der Waals surface area contributed by atoms with Gasteiger partial charge in [-0.15, -0.1) is 0 Å². The number of ether oxygens (including phenoxy) is 2. The molecular weight excluding hydrogens is 263 g/mol. The van der Waals surface area contributed by atoms with Crippen LogP contribution in [-0.4, -0.2) is 52.7 Å². The average Bonchev–Trinajstić information content (AvgIpc) is 2.26. The molecule has 0 fully saturated rings. The molecule has 110 valence electrons. The quantitative estimate of drug-likeness (QED) is 0.466. The zero-order valence-electron chi connectivity index (χ0n) is 11.6. The van der Waals surface area contributed by atoms with Crippen molar-refractivity contribution in [1.29, 1.82) is 0 Å². The van der Waals surface area contributed by atoms with Crippen molar-refractivity contribution >= 4 is 7.60 Å². The Balaban J connectivity index is 4.87. The fourth-order valence-corrected chi connectivity index (χ4v) is 1.79. The molecule has 8 heteroatoms. The third-order valence-corrected chi connectivity index (χ3v) is 4.81. The van der Waals surface area contributed by atoms with Crippen LogP contribution in [0.5, 0.6) is 0 Å². The van der Waals surface area contributed by atoms with E-state index in [9.17, 15) is 19.7 Å². The molecule has 0 aromatic heterocycles. The number of aliphatic hydroxyl groups excluding tert-OH is 2. The molecule has 3 atom stereocenters. The lowest BCUT2D eigenvalue weighted by atomic mass is 10.0. The van der Waals surface area contributed by atoms with Gasteiger partial charge in [0.1, 0.15) is 6.10 Å². The summed E-state index contributed by atoms with van der Waals surface area (Å²) in [5, 5.41) is 17.9. The highest BCUT2D eigenvalue weighted by atomic mass is 31.2. The maximum Gasteiger partial charge on any atom is 0.358 e. The predicted molar refractivity (Wildman–Crippen MR) is 65.1 cm³/mol. The summed E-state index contributed by atoms with van der Waals surface area (Å²) >= 11 is 0. The van der Waals surface area contributed by atoms with Crippen LogP contribution in [0.3, 0.4) is 0 Å². The van der Waals surface area contributed by atoms with Gasteiger partial charge in [0.15, 0.2) is 11.6 Å². The second-order valence-corrected chi connectivity index (χ2v) is 7.39. The fourth-order valence-electron chi connectivity index (χ4n) is 1.11. The van der Waals surface area contributed by atoms with Crippen molar-refractivity contribution in [2.24, 2.45) is 0 Å². The van der Waals surface area contributed by atoms with Gasteiger partial charge >= 0.3 is 7.60 Å². The molecule has 7 nitrogen and oxygen atoms in total. The molecule has 0 aromatic rings. The molecule has 0 rings (SSSR count). The van der Waals surface area contributed by atoms with Crippen molar-refractivity contribution < 1.29 is 33.7 Å². The molecule has 0 aliphatic heterocycles. The third-order valence-electron chi connectivity index (χ3n) is 2.85. The van der Waals surface area contributed by atoms with Gasteiger partial charge in [-0.1, -0.05) is 0 Å². The van der Waals surface area contributed by atoms with Crippen LogP contribution in [0.4, 0.5) is 0 Å². The van der Waals surface area contributed by atoms with E-state index in [-0.39, 0.29) is 0 Å². The molecule has 0 aliphatic rings. The summed E-state index contributed by atoms with van der Waals surface area (Å²) in [6, 6.07) is 0. The van der Waals surface area contributed by atoms with E-state index in [1.54, 1.807) is 13.8 Å². The molecule has 0 heterocycles. The number of aliphatic hydroxyl groups is 2. The fraction of sp³-hybridized carbons (Fsp3) is 1.00. The standard InChI is InChI=1S/C10H23O7P/c1-9(2,15-5)7(11)8(12)17-10(3,4)18(13,14)16-6/h7-8,11-12H,1-6H3,(H,13,14).